The Balaban J connectivity index is 1.88. The van der Waals surface area contributed by atoms with Crippen LogP contribution in [0.4, 0.5) is 0 Å². The van der Waals surface area contributed by atoms with Crippen LogP contribution in [0.3, 0.4) is 0 Å². The van der Waals surface area contributed by atoms with Crippen LogP contribution in [0, 0.1) is 5.92 Å². The van der Waals surface area contributed by atoms with Gasteiger partial charge in [0, 0.05) is 0 Å². The standard InChI is InChI=1S/C12H20N2O3/c15-7-10-12(17)13-9(11(16)14-10)6-8-4-2-1-3-5-8/h8-10,15H,1-7H2,(H,13,17)(H,14,16)/t9-,10?/m0/s1. The molecule has 2 rings (SSSR count). The Morgan fingerprint density at radius 1 is 1.00 bits per heavy atom. The van der Waals surface area contributed by atoms with Crippen LogP contribution in [0.2, 0.25) is 0 Å². The number of nitrogens with one attached hydrogen (secondary N) is 2. The molecule has 2 fully saturated rings. The van der Waals surface area contributed by atoms with E-state index >= 15 is 0 Å². The summed E-state index contributed by atoms with van der Waals surface area (Å²) in [7, 11) is 0. The molecule has 17 heavy (non-hydrogen) atoms. The van der Waals surface area contributed by atoms with E-state index in [0.29, 0.717) is 5.92 Å². The highest BCUT2D eigenvalue weighted by Gasteiger charge is 2.34. The molecule has 2 amide bonds. The molecule has 0 spiro atoms. The van der Waals surface area contributed by atoms with E-state index in [9.17, 15) is 9.59 Å². The number of hydrogen-bond donors (Lipinski definition) is 3. The van der Waals surface area contributed by atoms with Gasteiger partial charge in [0.25, 0.3) is 0 Å². The molecule has 0 aromatic carbocycles. The largest absolute Gasteiger partial charge is 0.394 e. The van der Waals surface area contributed by atoms with Gasteiger partial charge in [-0.15, -0.1) is 0 Å². The average molecular weight is 240 g/mol. The molecule has 0 radical (unpaired) electrons. The van der Waals surface area contributed by atoms with Gasteiger partial charge in [-0.25, -0.2) is 0 Å². The second-order valence-corrected chi connectivity index (χ2v) is 5.04. The number of amides is 2. The van der Waals surface area contributed by atoms with Crippen molar-refractivity contribution in [3.05, 3.63) is 0 Å². The van der Waals surface area contributed by atoms with Crippen molar-refractivity contribution in [3.63, 3.8) is 0 Å². The predicted octanol–water partition coefficient (Wildman–Crippen LogP) is -0.0677. The van der Waals surface area contributed by atoms with E-state index in [0.717, 1.165) is 19.3 Å². The predicted molar refractivity (Wildman–Crippen MR) is 62.1 cm³/mol. The first-order valence-electron chi connectivity index (χ1n) is 6.42. The van der Waals surface area contributed by atoms with Crippen LogP contribution in [0.1, 0.15) is 38.5 Å². The first-order chi connectivity index (χ1) is 8.20. The zero-order valence-electron chi connectivity index (χ0n) is 9.95. The summed E-state index contributed by atoms with van der Waals surface area (Å²) < 4.78 is 0. The minimum Gasteiger partial charge on any atom is -0.394 e. The van der Waals surface area contributed by atoms with Crippen LogP contribution in [-0.4, -0.2) is 35.6 Å². The van der Waals surface area contributed by atoms with Crippen molar-refractivity contribution in [2.45, 2.75) is 50.6 Å². The number of aliphatic hydroxyl groups is 1. The Kier molecular flexibility index (Phi) is 3.99. The van der Waals surface area contributed by atoms with Gasteiger partial charge in [-0.05, 0) is 12.3 Å². The van der Waals surface area contributed by atoms with E-state index in [1.807, 2.05) is 0 Å². The maximum absolute atomic E-state index is 11.7. The first kappa shape index (κ1) is 12.4. The van der Waals surface area contributed by atoms with Gasteiger partial charge in [0.15, 0.2) is 0 Å². The van der Waals surface area contributed by atoms with Gasteiger partial charge >= 0.3 is 0 Å². The lowest BCUT2D eigenvalue weighted by Crippen LogP contribution is -2.63. The molecule has 3 N–H and O–H groups in total. The minimum atomic E-state index is -0.773. The minimum absolute atomic E-state index is 0.158. The molecule has 1 aliphatic heterocycles. The van der Waals surface area contributed by atoms with E-state index < -0.39 is 12.1 Å². The highest BCUT2D eigenvalue weighted by atomic mass is 16.3. The van der Waals surface area contributed by atoms with E-state index in [4.69, 9.17) is 5.11 Å². The third-order valence-electron chi connectivity index (χ3n) is 3.74. The fraction of sp³-hybridized carbons (Fsp3) is 0.833. The van der Waals surface area contributed by atoms with E-state index in [2.05, 4.69) is 10.6 Å². The molecule has 1 saturated heterocycles. The lowest BCUT2D eigenvalue weighted by atomic mass is 9.84. The number of piperazine rings is 1. The van der Waals surface area contributed by atoms with Gasteiger partial charge in [0.1, 0.15) is 12.1 Å². The van der Waals surface area contributed by atoms with Gasteiger partial charge in [0.05, 0.1) is 6.61 Å². The maximum atomic E-state index is 11.7. The number of carbonyl (C=O) groups excluding carboxylic acids is 2. The van der Waals surface area contributed by atoms with Gasteiger partial charge in [-0.2, -0.15) is 0 Å². The monoisotopic (exact) mass is 240 g/mol. The zero-order valence-corrected chi connectivity index (χ0v) is 9.95. The third kappa shape index (κ3) is 2.97. The summed E-state index contributed by atoms with van der Waals surface area (Å²) in [6.45, 7) is -0.340. The second-order valence-electron chi connectivity index (χ2n) is 5.04. The molecule has 2 aliphatic rings. The Morgan fingerprint density at radius 2 is 1.59 bits per heavy atom. The second kappa shape index (κ2) is 5.49. The highest BCUT2D eigenvalue weighted by molar-refractivity contribution is 5.96. The Hall–Kier alpha value is -1.10. The summed E-state index contributed by atoms with van der Waals surface area (Å²) in [6, 6.07) is -1.18. The van der Waals surface area contributed by atoms with Crippen molar-refractivity contribution in [1.82, 2.24) is 10.6 Å². The summed E-state index contributed by atoms with van der Waals surface area (Å²) in [5.74, 6) is 0.118. The van der Waals surface area contributed by atoms with Gasteiger partial charge < -0.3 is 15.7 Å². The van der Waals surface area contributed by atoms with Crippen molar-refractivity contribution in [2.75, 3.05) is 6.61 Å². The molecule has 0 bridgehead atoms. The molecular weight excluding hydrogens is 220 g/mol. The average Bonchev–Trinajstić information content (AvgIpc) is 2.34. The van der Waals surface area contributed by atoms with Crippen molar-refractivity contribution >= 4 is 11.8 Å². The van der Waals surface area contributed by atoms with Gasteiger partial charge in [-0.3, -0.25) is 9.59 Å². The third-order valence-corrected chi connectivity index (χ3v) is 3.74. The Bertz CT molecular complexity index is 300. The topological polar surface area (TPSA) is 78.4 Å². The molecule has 1 unspecified atom stereocenters. The van der Waals surface area contributed by atoms with Crippen LogP contribution in [0.5, 0.6) is 0 Å². The fourth-order valence-electron chi connectivity index (χ4n) is 2.73. The number of rotatable bonds is 3. The maximum Gasteiger partial charge on any atom is 0.245 e. The van der Waals surface area contributed by atoms with Crippen molar-refractivity contribution in [1.29, 1.82) is 0 Å². The quantitative estimate of drug-likeness (QED) is 0.646. The molecule has 0 aromatic rings. The molecular formula is C12H20N2O3. The van der Waals surface area contributed by atoms with E-state index in [1.54, 1.807) is 0 Å². The van der Waals surface area contributed by atoms with Crippen LogP contribution in [-0.2, 0) is 9.59 Å². The van der Waals surface area contributed by atoms with Crippen LogP contribution in [0.15, 0.2) is 0 Å². The zero-order chi connectivity index (χ0) is 12.3. The molecule has 1 heterocycles. The van der Waals surface area contributed by atoms with E-state index in [-0.39, 0.29) is 18.4 Å². The molecule has 1 aliphatic carbocycles. The summed E-state index contributed by atoms with van der Waals surface area (Å²) in [4.78, 5) is 23.3. The fourth-order valence-corrected chi connectivity index (χ4v) is 2.73. The molecule has 2 atom stereocenters. The lowest BCUT2D eigenvalue weighted by molar-refractivity contribution is -0.138. The number of hydrogen-bond acceptors (Lipinski definition) is 3. The lowest BCUT2D eigenvalue weighted by Gasteiger charge is -2.32. The smallest absolute Gasteiger partial charge is 0.245 e. The molecule has 5 nitrogen and oxygen atoms in total. The molecule has 5 heteroatoms. The summed E-state index contributed by atoms with van der Waals surface area (Å²) in [5.41, 5.74) is 0. The Morgan fingerprint density at radius 3 is 2.24 bits per heavy atom. The number of aliphatic hydroxyl groups excluding tert-OH is 1. The van der Waals surface area contributed by atoms with Crippen molar-refractivity contribution in [2.24, 2.45) is 5.92 Å². The normalized spacial score (nSPS) is 30.9. The van der Waals surface area contributed by atoms with Gasteiger partial charge in [0.2, 0.25) is 11.8 Å². The van der Waals surface area contributed by atoms with Crippen molar-refractivity contribution in [3.8, 4) is 0 Å². The summed E-state index contributed by atoms with van der Waals surface area (Å²) >= 11 is 0. The van der Waals surface area contributed by atoms with Crippen LogP contribution >= 0.6 is 0 Å². The summed E-state index contributed by atoms with van der Waals surface area (Å²) in [5, 5.41) is 14.2. The Labute approximate surface area is 101 Å². The summed E-state index contributed by atoms with van der Waals surface area (Å²) in [6.07, 6.45) is 6.78. The van der Waals surface area contributed by atoms with Crippen molar-refractivity contribution < 1.29 is 14.7 Å². The SMILES string of the molecule is O=C1N[C@@H](CC2CCCCC2)C(=O)NC1CO. The molecule has 96 valence electrons. The van der Waals surface area contributed by atoms with E-state index in [1.165, 1.54) is 19.3 Å². The van der Waals surface area contributed by atoms with Crippen LogP contribution < -0.4 is 10.6 Å². The number of carbonyl (C=O) groups is 2. The highest BCUT2D eigenvalue weighted by Crippen LogP contribution is 2.27. The molecule has 0 aromatic heterocycles. The van der Waals surface area contributed by atoms with Gasteiger partial charge in [-0.1, -0.05) is 32.1 Å². The van der Waals surface area contributed by atoms with Crippen LogP contribution in [0.25, 0.3) is 0 Å². The molecule has 1 saturated carbocycles. The first-order valence-corrected chi connectivity index (χ1v) is 6.42.